The number of hydrogen-bond acceptors (Lipinski definition) is 8. The van der Waals surface area contributed by atoms with E-state index in [1.54, 1.807) is 24.3 Å². The van der Waals surface area contributed by atoms with E-state index in [4.69, 9.17) is 28.4 Å². The van der Waals surface area contributed by atoms with E-state index in [1.165, 1.54) is 81.9 Å². The zero-order chi connectivity index (χ0) is 31.3. The number of hydrogen-bond donors (Lipinski definition) is 0. The van der Waals surface area contributed by atoms with Crippen LogP contribution in [0.3, 0.4) is 0 Å². The topological polar surface area (TPSA) is 92.8 Å². The predicted octanol–water partition coefficient (Wildman–Crippen LogP) is 6.47. The summed E-state index contributed by atoms with van der Waals surface area (Å²) in [6.07, 6.45) is 17.7. The summed E-state index contributed by atoms with van der Waals surface area (Å²) in [5.41, 5.74) is 0.908. The van der Waals surface area contributed by atoms with E-state index in [9.17, 15) is 9.59 Å². The summed E-state index contributed by atoms with van der Waals surface area (Å²) in [4.78, 5) is 25.8. The summed E-state index contributed by atoms with van der Waals surface area (Å²) in [7, 11) is 0. The van der Waals surface area contributed by atoms with Crippen LogP contribution in [0.15, 0.2) is 24.3 Å². The Morgan fingerprint density at radius 3 is 1.14 bits per heavy atom. The highest BCUT2D eigenvalue weighted by molar-refractivity contribution is 6.21. The monoisotopic (exact) mass is 621 g/mol. The first-order valence-electron chi connectivity index (χ1n) is 17.2. The average molecular weight is 622 g/mol. The van der Waals surface area contributed by atoms with Gasteiger partial charge >= 0.3 is 0 Å². The van der Waals surface area contributed by atoms with Crippen molar-refractivity contribution < 1.29 is 38.0 Å². The van der Waals surface area contributed by atoms with Crippen molar-refractivity contribution in [3.05, 3.63) is 35.4 Å². The molecule has 0 aromatic heterocycles. The van der Waals surface area contributed by atoms with Crippen molar-refractivity contribution in [2.24, 2.45) is 0 Å². The minimum absolute atomic E-state index is 0.230. The summed E-state index contributed by atoms with van der Waals surface area (Å²) in [6.45, 7) is 8.70. The van der Waals surface area contributed by atoms with Crippen molar-refractivity contribution >= 4 is 11.8 Å². The Balaban J connectivity index is 1.19. The molecule has 1 heterocycles. The number of ether oxygens (including phenoxy) is 6. The van der Waals surface area contributed by atoms with Gasteiger partial charge in [-0.2, -0.15) is 0 Å². The van der Waals surface area contributed by atoms with Crippen molar-refractivity contribution in [2.75, 3.05) is 85.8 Å². The number of nitrogens with zero attached hydrogens (tertiary/aromatic N) is 1. The smallest absolute Gasteiger partial charge is 0.261 e. The maximum atomic E-state index is 12.3. The predicted molar refractivity (Wildman–Crippen MR) is 172 cm³/mol. The number of amides is 2. The van der Waals surface area contributed by atoms with Crippen molar-refractivity contribution in [2.45, 2.75) is 90.4 Å². The Morgan fingerprint density at radius 2 is 0.750 bits per heavy atom. The van der Waals surface area contributed by atoms with E-state index in [1.807, 2.05) is 0 Å². The second-order valence-corrected chi connectivity index (χ2v) is 11.2. The molecule has 0 aliphatic carbocycles. The normalized spacial score (nSPS) is 12.9. The third kappa shape index (κ3) is 18.2. The van der Waals surface area contributed by atoms with Gasteiger partial charge in [-0.3, -0.25) is 14.5 Å². The zero-order valence-electron chi connectivity index (χ0n) is 27.4. The van der Waals surface area contributed by atoms with Crippen LogP contribution in [0.1, 0.15) is 111 Å². The highest BCUT2D eigenvalue weighted by Crippen LogP contribution is 2.21. The van der Waals surface area contributed by atoms with E-state index in [-0.39, 0.29) is 25.0 Å². The van der Waals surface area contributed by atoms with Crippen LogP contribution in [0.5, 0.6) is 0 Å². The summed E-state index contributed by atoms with van der Waals surface area (Å²) >= 11 is 0. The first-order chi connectivity index (χ1) is 21.8. The maximum Gasteiger partial charge on any atom is 0.261 e. The fourth-order valence-corrected chi connectivity index (χ4v) is 5.02. The Hall–Kier alpha value is -1.88. The number of imide groups is 1. The van der Waals surface area contributed by atoms with Gasteiger partial charge in [-0.15, -0.1) is 0 Å². The molecule has 0 spiro atoms. The van der Waals surface area contributed by atoms with Gasteiger partial charge < -0.3 is 28.4 Å². The average Bonchev–Trinajstić information content (AvgIpc) is 3.28. The molecule has 9 heteroatoms. The Kier molecular flexibility index (Phi) is 23.9. The molecule has 0 saturated carbocycles. The first kappa shape index (κ1) is 38.3. The lowest BCUT2D eigenvalue weighted by Crippen LogP contribution is -2.33. The number of carbonyl (C=O) groups is 2. The van der Waals surface area contributed by atoms with Gasteiger partial charge in [0.2, 0.25) is 0 Å². The number of fused-ring (bicyclic) bond motifs is 1. The van der Waals surface area contributed by atoms with Crippen molar-refractivity contribution in [3.8, 4) is 0 Å². The van der Waals surface area contributed by atoms with Gasteiger partial charge in [0.15, 0.2) is 0 Å². The molecule has 1 aliphatic heterocycles. The molecule has 2 amide bonds. The Labute approximate surface area is 266 Å². The number of rotatable bonds is 32. The number of carbonyl (C=O) groups excluding carboxylic acids is 2. The highest BCUT2D eigenvalue weighted by Gasteiger charge is 2.34. The fourth-order valence-electron chi connectivity index (χ4n) is 5.02. The molecule has 1 aromatic carbocycles. The quantitative estimate of drug-likeness (QED) is 0.0668. The van der Waals surface area contributed by atoms with E-state index < -0.39 is 0 Å². The summed E-state index contributed by atoms with van der Waals surface area (Å²) < 4.78 is 33.2. The molecular weight excluding hydrogens is 562 g/mol. The van der Waals surface area contributed by atoms with Gasteiger partial charge in [-0.05, 0) is 18.6 Å². The van der Waals surface area contributed by atoms with Crippen LogP contribution in [0.2, 0.25) is 0 Å². The highest BCUT2D eigenvalue weighted by atomic mass is 16.6. The maximum absolute atomic E-state index is 12.3. The number of unbranched alkanes of at least 4 members (excludes halogenated alkanes) is 12. The molecule has 0 bridgehead atoms. The van der Waals surface area contributed by atoms with Crippen LogP contribution < -0.4 is 0 Å². The van der Waals surface area contributed by atoms with E-state index in [2.05, 4.69) is 6.92 Å². The van der Waals surface area contributed by atoms with Crippen LogP contribution >= 0.6 is 0 Å². The van der Waals surface area contributed by atoms with E-state index in [0.717, 1.165) is 13.0 Å². The van der Waals surface area contributed by atoms with Crippen molar-refractivity contribution in [1.82, 2.24) is 4.90 Å². The van der Waals surface area contributed by atoms with Crippen LogP contribution in [0, 0.1) is 0 Å². The van der Waals surface area contributed by atoms with Gasteiger partial charge in [0.05, 0.1) is 90.3 Å². The lowest BCUT2D eigenvalue weighted by Gasteiger charge is -2.13. The summed E-state index contributed by atoms with van der Waals surface area (Å²) in [5.74, 6) is -0.529. The molecule has 0 atom stereocenters. The lowest BCUT2D eigenvalue weighted by molar-refractivity contribution is -0.0173. The van der Waals surface area contributed by atoms with Crippen molar-refractivity contribution in [1.29, 1.82) is 0 Å². The Morgan fingerprint density at radius 1 is 0.432 bits per heavy atom. The standard InChI is InChI=1S/C35H59NO8/c1-2-3-4-5-6-7-8-9-10-11-12-13-16-20-39-22-24-41-26-28-43-30-31-44-29-27-42-25-23-40-21-19-36-34(37)32-17-14-15-18-33(32)35(36)38/h14-15,17-18H,2-13,16,19-31H2,1H3. The summed E-state index contributed by atoms with van der Waals surface area (Å²) in [5, 5.41) is 0. The van der Waals surface area contributed by atoms with E-state index in [0.29, 0.717) is 77.2 Å². The molecular formula is C35H59NO8. The Bertz CT molecular complexity index is 817. The number of benzene rings is 1. The van der Waals surface area contributed by atoms with E-state index >= 15 is 0 Å². The van der Waals surface area contributed by atoms with Crippen LogP contribution in [-0.2, 0) is 28.4 Å². The van der Waals surface area contributed by atoms with Crippen LogP contribution in [0.25, 0.3) is 0 Å². The molecule has 0 saturated heterocycles. The lowest BCUT2D eigenvalue weighted by atomic mass is 10.0. The second kappa shape index (κ2) is 27.4. The molecule has 0 fully saturated rings. The molecule has 1 aromatic rings. The molecule has 1 aliphatic rings. The molecule has 9 nitrogen and oxygen atoms in total. The third-order valence-electron chi connectivity index (χ3n) is 7.59. The fraction of sp³-hybridized carbons (Fsp3) is 0.771. The largest absolute Gasteiger partial charge is 0.379 e. The van der Waals surface area contributed by atoms with Gasteiger partial charge in [0.1, 0.15) is 0 Å². The van der Waals surface area contributed by atoms with Gasteiger partial charge in [0, 0.05) is 6.61 Å². The first-order valence-corrected chi connectivity index (χ1v) is 17.2. The van der Waals surface area contributed by atoms with Gasteiger partial charge in [0.25, 0.3) is 11.8 Å². The molecule has 252 valence electrons. The van der Waals surface area contributed by atoms with Crippen LogP contribution in [-0.4, -0.2) is 103 Å². The van der Waals surface area contributed by atoms with Gasteiger partial charge in [-0.1, -0.05) is 96.1 Å². The van der Waals surface area contributed by atoms with Crippen molar-refractivity contribution in [3.63, 3.8) is 0 Å². The molecule has 44 heavy (non-hydrogen) atoms. The zero-order valence-corrected chi connectivity index (χ0v) is 27.4. The summed E-state index contributed by atoms with van der Waals surface area (Å²) in [6, 6.07) is 6.86. The van der Waals surface area contributed by atoms with Gasteiger partial charge in [-0.25, -0.2) is 0 Å². The SMILES string of the molecule is CCCCCCCCCCCCCCCOCCOCCOCCOCCOCCOCCN1C(=O)c2ccccc2C1=O. The van der Waals surface area contributed by atoms with Crippen LogP contribution in [0.4, 0.5) is 0 Å². The molecule has 0 radical (unpaired) electrons. The second-order valence-electron chi connectivity index (χ2n) is 11.2. The molecule has 0 unspecified atom stereocenters. The minimum Gasteiger partial charge on any atom is -0.379 e. The third-order valence-corrected chi connectivity index (χ3v) is 7.59. The molecule has 0 N–H and O–H groups in total. The molecule has 2 rings (SSSR count). The minimum atomic E-state index is -0.265.